The molecule has 2 rings (SSSR count). The molecule has 6 nitrogen and oxygen atoms in total. The first kappa shape index (κ1) is 18.4. The van der Waals surface area contributed by atoms with E-state index in [1.807, 2.05) is 0 Å². The monoisotopic (exact) mass is 346 g/mol. The number of halogens is 1. The van der Waals surface area contributed by atoms with Gasteiger partial charge in [0.15, 0.2) is 0 Å². The second-order valence-corrected chi connectivity index (χ2v) is 6.47. The van der Waals surface area contributed by atoms with Gasteiger partial charge < -0.3 is 10.1 Å². The van der Waals surface area contributed by atoms with E-state index < -0.39 is 22.4 Å². The molecule has 1 N–H and O–H groups in total. The van der Waals surface area contributed by atoms with Crippen LogP contribution in [-0.2, 0) is 11.3 Å². The van der Waals surface area contributed by atoms with Crippen molar-refractivity contribution in [2.75, 3.05) is 0 Å². The predicted molar refractivity (Wildman–Crippen MR) is 91.6 cm³/mol. The van der Waals surface area contributed by atoms with E-state index in [0.717, 1.165) is 23.8 Å². The van der Waals surface area contributed by atoms with Gasteiger partial charge in [0.1, 0.15) is 11.4 Å². The minimum atomic E-state index is -0.579. The molecular weight excluding hydrogens is 327 g/mol. The Hall–Kier alpha value is -2.96. The van der Waals surface area contributed by atoms with Crippen molar-refractivity contribution in [3.63, 3.8) is 0 Å². The van der Waals surface area contributed by atoms with E-state index in [4.69, 9.17) is 4.74 Å². The highest BCUT2D eigenvalue weighted by atomic mass is 19.1. The number of carbonyl (C=O) groups is 1. The SMILES string of the molecule is CC(C)(C)OC(=O)NCc1ccc(-c2cc(F)ccc2[N+](=O)[O-])cc1. The van der Waals surface area contributed by atoms with Crippen LogP contribution in [0.1, 0.15) is 26.3 Å². The normalized spacial score (nSPS) is 11.0. The van der Waals surface area contributed by atoms with E-state index in [2.05, 4.69) is 5.32 Å². The third-order valence-electron chi connectivity index (χ3n) is 3.26. The van der Waals surface area contributed by atoms with Crippen LogP contribution in [0, 0.1) is 15.9 Å². The van der Waals surface area contributed by atoms with Crippen molar-refractivity contribution in [3.05, 3.63) is 64.0 Å². The van der Waals surface area contributed by atoms with Crippen LogP contribution in [0.25, 0.3) is 11.1 Å². The first-order valence-corrected chi connectivity index (χ1v) is 7.66. The smallest absolute Gasteiger partial charge is 0.407 e. The van der Waals surface area contributed by atoms with Gasteiger partial charge in [0, 0.05) is 12.6 Å². The molecule has 0 spiro atoms. The first-order valence-electron chi connectivity index (χ1n) is 7.66. The molecule has 0 aliphatic carbocycles. The molecule has 0 aliphatic heterocycles. The zero-order chi connectivity index (χ0) is 18.6. The zero-order valence-electron chi connectivity index (χ0n) is 14.2. The number of hydrogen-bond donors (Lipinski definition) is 1. The van der Waals surface area contributed by atoms with Crippen molar-refractivity contribution in [2.45, 2.75) is 32.9 Å². The van der Waals surface area contributed by atoms with E-state index in [0.29, 0.717) is 5.56 Å². The molecule has 0 atom stereocenters. The van der Waals surface area contributed by atoms with Gasteiger partial charge >= 0.3 is 6.09 Å². The van der Waals surface area contributed by atoms with Crippen LogP contribution in [-0.4, -0.2) is 16.6 Å². The van der Waals surface area contributed by atoms with E-state index >= 15 is 0 Å². The fourth-order valence-corrected chi connectivity index (χ4v) is 2.19. The van der Waals surface area contributed by atoms with Gasteiger partial charge in [-0.05, 0) is 44.0 Å². The lowest BCUT2D eigenvalue weighted by molar-refractivity contribution is -0.384. The minimum Gasteiger partial charge on any atom is -0.444 e. The summed E-state index contributed by atoms with van der Waals surface area (Å²) >= 11 is 0. The molecule has 0 saturated carbocycles. The Morgan fingerprint density at radius 1 is 1.20 bits per heavy atom. The summed E-state index contributed by atoms with van der Waals surface area (Å²) in [4.78, 5) is 22.2. The second kappa shape index (κ2) is 7.29. The summed E-state index contributed by atoms with van der Waals surface area (Å²) in [7, 11) is 0. The average Bonchev–Trinajstić information content (AvgIpc) is 2.51. The van der Waals surface area contributed by atoms with Crippen LogP contribution >= 0.6 is 0 Å². The number of hydrogen-bond acceptors (Lipinski definition) is 4. The maximum atomic E-state index is 13.4. The first-order chi connectivity index (χ1) is 11.7. The second-order valence-electron chi connectivity index (χ2n) is 6.47. The molecule has 132 valence electrons. The summed E-state index contributed by atoms with van der Waals surface area (Å²) in [5.74, 6) is -0.545. The number of nitro benzene ring substituents is 1. The molecule has 0 bridgehead atoms. The zero-order valence-corrected chi connectivity index (χ0v) is 14.2. The molecule has 2 aromatic carbocycles. The van der Waals surface area contributed by atoms with Crippen LogP contribution in [0.15, 0.2) is 42.5 Å². The largest absolute Gasteiger partial charge is 0.444 e. The number of nitro groups is 1. The van der Waals surface area contributed by atoms with Crippen LogP contribution in [0.3, 0.4) is 0 Å². The van der Waals surface area contributed by atoms with E-state index in [1.165, 1.54) is 0 Å². The average molecular weight is 346 g/mol. The van der Waals surface area contributed by atoms with Gasteiger partial charge in [-0.2, -0.15) is 0 Å². The number of ether oxygens (including phenoxy) is 1. The van der Waals surface area contributed by atoms with E-state index in [1.54, 1.807) is 45.0 Å². The summed E-state index contributed by atoms with van der Waals surface area (Å²) in [6.07, 6.45) is -0.530. The van der Waals surface area contributed by atoms with Crippen LogP contribution < -0.4 is 5.32 Å². The van der Waals surface area contributed by atoms with Crippen molar-refractivity contribution >= 4 is 11.8 Å². The highest BCUT2D eigenvalue weighted by Crippen LogP contribution is 2.30. The number of nitrogens with one attached hydrogen (secondary N) is 1. The Balaban J connectivity index is 2.12. The van der Waals surface area contributed by atoms with Crippen molar-refractivity contribution in [2.24, 2.45) is 0 Å². The van der Waals surface area contributed by atoms with Crippen LogP contribution in [0.5, 0.6) is 0 Å². The summed E-state index contributed by atoms with van der Waals surface area (Å²) < 4.78 is 18.6. The highest BCUT2D eigenvalue weighted by Gasteiger charge is 2.17. The topological polar surface area (TPSA) is 81.5 Å². The molecule has 0 fully saturated rings. The van der Waals surface area contributed by atoms with Crippen LogP contribution in [0.4, 0.5) is 14.9 Å². The van der Waals surface area contributed by atoms with Gasteiger partial charge in [-0.15, -0.1) is 0 Å². The minimum absolute atomic E-state index is 0.166. The van der Waals surface area contributed by atoms with Crippen molar-refractivity contribution in [1.82, 2.24) is 5.32 Å². The number of carbonyl (C=O) groups excluding carboxylic acids is 1. The van der Waals surface area contributed by atoms with Crippen molar-refractivity contribution < 1.29 is 18.8 Å². The molecule has 2 aromatic rings. The lowest BCUT2D eigenvalue weighted by atomic mass is 10.0. The Labute approximate surface area is 144 Å². The molecule has 0 saturated heterocycles. The lowest BCUT2D eigenvalue weighted by Gasteiger charge is -2.19. The molecule has 7 heteroatoms. The molecular formula is C18H19FN2O4. The Kier molecular flexibility index (Phi) is 5.36. The molecule has 0 aromatic heterocycles. The van der Waals surface area contributed by atoms with Gasteiger partial charge in [-0.25, -0.2) is 9.18 Å². The molecule has 0 heterocycles. The van der Waals surface area contributed by atoms with Crippen molar-refractivity contribution in [3.8, 4) is 11.1 Å². The van der Waals surface area contributed by atoms with E-state index in [-0.39, 0.29) is 17.8 Å². The molecule has 0 aliphatic rings. The molecule has 25 heavy (non-hydrogen) atoms. The summed E-state index contributed by atoms with van der Waals surface area (Å²) in [5, 5.41) is 13.7. The number of nitrogens with zero attached hydrogens (tertiary/aromatic N) is 1. The van der Waals surface area contributed by atoms with Crippen LogP contribution in [0.2, 0.25) is 0 Å². The molecule has 0 unspecified atom stereocenters. The number of amides is 1. The number of alkyl carbamates (subject to hydrolysis) is 1. The Bertz CT molecular complexity index is 783. The third kappa shape index (κ3) is 5.27. The van der Waals surface area contributed by atoms with Gasteiger partial charge in [-0.1, -0.05) is 24.3 Å². The fourth-order valence-electron chi connectivity index (χ4n) is 2.19. The van der Waals surface area contributed by atoms with Gasteiger partial charge in [0.05, 0.1) is 10.5 Å². The number of benzene rings is 2. The fraction of sp³-hybridized carbons (Fsp3) is 0.278. The van der Waals surface area contributed by atoms with Crippen molar-refractivity contribution in [1.29, 1.82) is 0 Å². The lowest BCUT2D eigenvalue weighted by Crippen LogP contribution is -2.32. The molecule has 1 amide bonds. The Morgan fingerprint density at radius 2 is 1.84 bits per heavy atom. The summed E-state index contributed by atoms with van der Waals surface area (Å²) in [5.41, 5.74) is 0.767. The van der Waals surface area contributed by atoms with Gasteiger partial charge in [0.25, 0.3) is 5.69 Å². The quantitative estimate of drug-likeness (QED) is 0.656. The van der Waals surface area contributed by atoms with Gasteiger partial charge in [-0.3, -0.25) is 10.1 Å². The van der Waals surface area contributed by atoms with E-state index in [9.17, 15) is 19.3 Å². The predicted octanol–water partition coefficient (Wildman–Crippen LogP) is 4.43. The van der Waals surface area contributed by atoms with Gasteiger partial charge in [0.2, 0.25) is 0 Å². The summed E-state index contributed by atoms with van der Waals surface area (Å²) in [6.45, 7) is 5.56. The molecule has 0 radical (unpaired) electrons. The summed E-state index contributed by atoms with van der Waals surface area (Å²) in [6, 6.07) is 10.0. The maximum Gasteiger partial charge on any atom is 0.407 e. The Morgan fingerprint density at radius 3 is 2.40 bits per heavy atom. The third-order valence-corrected chi connectivity index (χ3v) is 3.26. The maximum absolute atomic E-state index is 13.4. The highest BCUT2D eigenvalue weighted by molar-refractivity contribution is 5.73. The standard InChI is InChI=1S/C18H19FN2O4/c1-18(2,3)25-17(22)20-11-12-4-6-13(7-5-12)15-10-14(19)8-9-16(15)21(23)24/h4-10H,11H2,1-3H3,(H,20,22). The number of rotatable bonds is 4.